The first-order valence-corrected chi connectivity index (χ1v) is 4.97. The molecule has 2 N–H and O–H groups in total. The molecule has 1 fully saturated rings. The number of aryl methyl sites for hydroxylation is 1. The predicted molar refractivity (Wildman–Crippen MR) is 51.4 cm³/mol. The van der Waals surface area contributed by atoms with Gasteiger partial charge in [-0.25, -0.2) is 4.98 Å². The minimum Gasteiger partial charge on any atom is -0.369 e. The van der Waals surface area contributed by atoms with E-state index in [1.54, 1.807) is 4.68 Å². The second kappa shape index (κ2) is 4.06. The third-order valence-corrected chi connectivity index (χ3v) is 2.74. The Balaban J connectivity index is 1.85. The first-order valence-electron chi connectivity index (χ1n) is 4.97. The van der Waals surface area contributed by atoms with Gasteiger partial charge >= 0.3 is 0 Å². The Kier molecular flexibility index (Phi) is 2.79. The highest BCUT2D eigenvalue weighted by Gasteiger charge is 2.24. The SMILES string of the molecule is Cn1ncnc1COC1CCCC1N. The number of rotatable bonds is 3. The lowest BCUT2D eigenvalue weighted by Crippen LogP contribution is -2.31. The van der Waals surface area contributed by atoms with Crippen LogP contribution >= 0.6 is 0 Å². The highest BCUT2D eigenvalue weighted by Crippen LogP contribution is 2.20. The summed E-state index contributed by atoms with van der Waals surface area (Å²) in [5.74, 6) is 0.851. The normalized spacial score (nSPS) is 27.0. The van der Waals surface area contributed by atoms with Crippen molar-refractivity contribution in [1.82, 2.24) is 14.8 Å². The van der Waals surface area contributed by atoms with Crippen molar-refractivity contribution in [2.24, 2.45) is 12.8 Å². The maximum Gasteiger partial charge on any atom is 0.152 e. The summed E-state index contributed by atoms with van der Waals surface area (Å²) in [5.41, 5.74) is 5.89. The van der Waals surface area contributed by atoms with E-state index >= 15 is 0 Å². The molecule has 5 heteroatoms. The number of nitrogens with two attached hydrogens (primary N) is 1. The molecule has 2 unspecified atom stereocenters. The quantitative estimate of drug-likeness (QED) is 0.750. The molecular formula is C9H16N4O. The Morgan fingerprint density at radius 3 is 3.07 bits per heavy atom. The summed E-state index contributed by atoms with van der Waals surface area (Å²) in [6, 6.07) is 0.197. The van der Waals surface area contributed by atoms with Crippen molar-refractivity contribution < 1.29 is 4.74 Å². The fourth-order valence-corrected chi connectivity index (χ4v) is 1.79. The van der Waals surface area contributed by atoms with Crippen molar-refractivity contribution in [2.75, 3.05) is 0 Å². The Bertz CT molecular complexity index is 299. The largest absolute Gasteiger partial charge is 0.369 e. The molecule has 0 spiro atoms. The zero-order valence-corrected chi connectivity index (χ0v) is 8.39. The van der Waals surface area contributed by atoms with E-state index in [1.807, 2.05) is 7.05 Å². The molecule has 0 aliphatic heterocycles. The minimum atomic E-state index is 0.197. The molecule has 14 heavy (non-hydrogen) atoms. The lowest BCUT2D eigenvalue weighted by atomic mass is 10.2. The fourth-order valence-electron chi connectivity index (χ4n) is 1.79. The van der Waals surface area contributed by atoms with Gasteiger partial charge in [0.05, 0.1) is 6.10 Å². The summed E-state index contributed by atoms with van der Waals surface area (Å²) < 4.78 is 7.41. The van der Waals surface area contributed by atoms with Crippen LogP contribution < -0.4 is 5.73 Å². The van der Waals surface area contributed by atoms with Crippen LogP contribution in [0.25, 0.3) is 0 Å². The molecule has 1 aromatic rings. The lowest BCUT2D eigenvalue weighted by molar-refractivity contribution is 0.0304. The number of hydrogen-bond acceptors (Lipinski definition) is 4. The van der Waals surface area contributed by atoms with Gasteiger partial charge in [0.25, 0.3) is 0 Å². The molecule has 5 nitrogen and oxygen atoms in total. The van der Waals surface area contributed by atoms with E-state index < -0.39 is 0 Å². The Hall–Kier alpha value is -0.940. The molecule has 1 aliphatic carbocycles. The van der Waals surface area contributed by atoms with Gasteiger partial charge in [-0.2, -0.15) is 5.10 Å². The molecule has 1 heterocycles. The monoisotopic (exact) mass is 196 g/mol. The second-order valence-corrected chi connectivity index (χ2v) is 3.74. The average molecular weight is 196 g/mol. The topological polar surface area (TPSA) is 66.0 Å². The van der Waals surface area contributed by atoms with Crippen molar-refractivity contribution >= 4 is 0 Å². The van der Waals surface area contributed by atoms with Crippen LogP contribution in [0.15, 0.2) is 6.33 Å². The van der Waals surface area contributed by atoms with Crippen molar-refractivity contribution in [3.05, 3.63) is 12.2 Å². The van der Waals surface area contributed by atoms with Crippen LogP contribution in [-0.2, 0) is 18.4 Å². The van der Waals surface area contributed by atoms with Gasteiger partial charge in [0, 0.05) is 13.1 Å². The number of nitrogens with zero attached hydrogens (tertiary/aromatic N) is 3. The Morgan fingerprint density at radius 2 is 2.50 bits per heavy atom. The molecule has 78 valence electrons. The molecular weight excluding hydrogens is 180 g/mol. The standard InChI is InChI=1S/C9H16N4O/c1-13-9(11-6-12-13)5-14-8-4-2-3-7(8)10/h6-8H,2-5,10H2,1H3. The van der Waals surface area contributed by atoms with Crippen molar-refractivity contribution in [3.8, 4) is 0 Å². The van der Waals surface area contributed by atoms with Gasteiger partial charge < -0.3 is 10.5 Å². The van der Waals surface area contributed by atoms with Gasteiger partial charge in [-0.15, -0.1) is 0 Å². The van der Waals surface area contributed by atoms with Gasteiger partial charge in [0.15, 0.2) is 5.82 Å². The molecule has 1 saturated carbocycles. The molecule has 0 amide bonds. The molecule has 0 radical (unpaired) electrons. The summed E-state index contributed by atoms with van der Waals surface area (Å²) in [7, 11) is 1.86. The molecule has 0 bridgehead atoms. The predicted octanol–water partition coefficient (Wildman–Crippen LogP) is 0.211. The van der Waals surface area contributed by atoms with Gasteiger partial charge in [0.1, 0.15) is 12.9 Å². The molecule has 1 aliphatic rings. The molecule has 0 aromatic carbocycles. The highest BCUT2D eigenvalue weighted by molar-refractivity contribution is 4.84. The van der Waals surface area contributed by atoms with E-state index in [1.165, 1.54) is 12.7 Å². The van der Waals surface area contributed by atoms with Gasteiger partial charge in [-0.05, 0) is 19.3 Å². The zero-order chi connectivity index (χ0) is 9.97. The van der Waals surface area contributed by atoms with E-state index in [0.29, 0.717) is 6.61 Å². The van der Waals surface area contributed by atoms with E-state index in [0.717, 1.165) is 18.7 Å². The summed E-state index contributed by atoms with van der Waals surface area (Å²) in [5, 5.41) is 3.98. The minimum absolute atomic E-state index is 0.197. The van der Waals surface area contributed by atoms with E-state index in [4.69, 9.17) is 10.5 Å². The van der Waals surface area contributed by atoms with Gasteiger partial charge in [0.2, 0.25) is 0 Å². The second-order valence-electron chi connectivity index (χ2n) is 3.74. The van der Waals surface area contributed by atoms with Crippen LogP contribution in [0.4, 0.5) is 0 Å². The van der Waals surface area contributed by atoms with Crippen LogP contribution in [0.3, 0.4) is 0 Å². The van der Waals surface area contributed by atoms with Crippen LogP contribution in [0, 0.1) is 0 Å². The van der Waals surface area contributed by atoms with Crippen molar-refractivity contribution in [1.29, 1.82) is 0 Å². The fraction of sp³-hybridized carbons (Fsp3) is 0.778. The summed E-state index contributed by atoms with van der Waals surface area (Å²) in [4.78, 5) is 4.09. The molecule has 1 aromatic heterocycles. The first-order chi connectivity index (χ1) is 6.77. The Morgan fingerprint density at radius 1 is 1.64 bits per heavy atom. The van der Waals surface area contributed by atoms with E-state index in [-0.39, 0.29) is 12.1 Å². The third kappa shape index (κ3) is 1.93. The number of aromatic nitrogens is 3. The maximum absolute atomic E-state index is 5.89. The first kappa shape index (κ1) is 9.61. The molecule has 0 saturated heterocycles. The summed E-state index contributed by atoms with van der Waals surface area (Å²) >= 11 is 0. The van der Waals surface area contributed by atoms with Gasteiger partial charge in [-0.3, -0.25) is 4.68 Å². The third-order valence-electron chi connectivity index (χ3n) is 2.74. The maximum atomic E-state index is 5.89. The van der Waals surface area contributed by atoms with Crippen LogP contribution in [-0.4, -0.2) is 26.9 Å². The smallest absolute Gasteiger partial charge is 0.152 e. The Labute approximate surface area is 83.3 Å². The highest BCUT2D eigenvalue weighted by atomic mass is 16.5. The van der Waals surface area contributed by atoms with E-state index in [9.17, 15) is 0 Å². The number of ether oxygens (including phenoxy) is 1. The summed E-state index contributed by atoms with van der Waals surface area (Å²) in [6.45, 7) is 0.509. The van der Waals surface area contributed by atoms with Crippen molar-refractivity contribution in [3.63, 3.8) is 0 Å². The average Bonchev–Trinajstić information content (AvgIpc) is 2.72. The van der Waals surface area contributed by atoms with Gasteiger partial charge in [-0.1, -0.05) is 0 Å². The molecule has 2 atom stereocenters. The zero-order valence-electron chi connectivity index (χ0n) is 8.39. The number of hydrogen-bond donors (Lipinski definition) is 1. The van der Waals surface area contributed by atoms with Crippen molar-refractivity contribution in [2.45, 2.75) is 38.0 Å². The van der Waals surface area contributed by atoms with Crippen LogP contribution in [0.5, 0.6) is 0 Å². The summed E-state index contributed by atoms with van der Waals surface area (Å²) in [6.07, 6.45) is 5.05. The molecule has 2 rings (SSSR count). The van der Waals surface area contributed by atoms with Crippen LogP contribution in [0.1, 0.15) is 25.1 Å². The van der Waals surface area contributed by atoms with Crippen LogP contribution in [0.2, 0.25) is 0 Å². The van der Waals surface area contributed by atoms with E-state index in [2.05, 4.69) is 10.1 Å². The lowest BCUT2D eigenvalue weighted by Gasteiger charge is -2.15.